The fraction of sp³-hybridized carbons (Fsp3) is 0.133. The fourth-order valence-electron chi connectivity index (χ4n) is 2.28. The Morgan fingerprint density at radius 3 is 2.33 bits per heavy atom. The molecule has 0 aliphatic carbocycles. The number of fused-ring (bicyclic) bond motifs is 1. The molecule has 1 heterocycles. The van der Waals surface area contributed by atoms with E-state index in [4.69, 9.17) is 5.73 Å². The molecule has 0 amide bonds. The van der Waals surface area contributed by atoms with Crippen molar-refractivity contribution in [3.8, 4) is 5.69 Å². The van der Waals surface area contributed by atoms with E-state index < -0.39 is 11.7 Å². The van der Waals surface area contributed by atoms with Gasteiger partial charge in [-0.25, -0.2) is 4.98 Å². The summed E-state index contributed by atoms with van der Waals surface area (Å²) in [6.45, 7) is 1.94. The van der Waals surface area contributed by atoms with E-state index in [9.17, 15) is 13.2 Å². The van der Waals surface area contributed by atoms with Crippen LogP contribution in [0, 0.1) is 6.92 Å². The number of aryl methyl sites for hydroxylation is 1. The zero-order valence-corrected chi connectivity index (χ0v) is 11.1. The minimum atomic E-state index is -4.35. The smallest absolute Gasteiger partial charge is 0.369 e. The molecular formula is C15H12F3N3. The summed E-state index contributed by atoms with van der Waals surface area (Å²) < 4.78 is 39.4. The Morgan fingerprint density at radius 2 is 1.71 bits per heavy atom. The third-order valence-corrected chi connectivity index (χ3v) is 3.29. The van der Waals surface area contributed by atoms with Gasteiger partial charge in [-0.1, -0.05) is 6.07 Å². The van der Waals surface area contributed by atoms with Gasteiger partial charge in [0.1, 0.15) is 0 Å². The van der Waals surface area contributed by atoms with Crippen molar-refractivity contribution in [1.29, 1.82) is 0 Å². The summed E-state index contributed by atoms with van der Waals surface area (Å²) in [4.78, 5) is 4.24. The van der Waals surface area contributed by atoms with Gasteiger partial charge in [0.2, 0.25) is 5.95 Å². The van der Waals surface area contributed by atoms with Crippen molar-refractivity contribution in [2.24, 2.45) is 0 Å². The number of hydrogen-bond donors (Lipinski definition) is 1. The van der Waals surface area contributed by atoms with Crippen LogP contribution in [0.4, 0.5) is 19.1 Å². The molecule has 2 aromatic carbocycles. The van der Waals surface area contributed by atoms with Crippen LogP contribution in [0.1, 0.15) is 11.1 Å². The highest BCUT2D eigenvalue weighted by atomic mass is 19.4. The van der Waals surface area contributed by atoms with Gasteiger partial charge in [0.25, 0.3) is 0 Å². The van der Waals surface area contributed by atoms with Crippen LogP contribution >= 0.6 is 0 Å². The molecule has 3 nitrogen and oxygen atoms in total. The highest BCUT2D eigenvalue weighted by Gasteiger charge is 2.30. The molecule has 0 spiro atoms. The lowest BCUT2D eigenvalue weighted by Gasteiger charge is -2.10. The molecular weight excluding hydrogens is 279 g/mol. The van der Waals surface area contributed by atoms with E-state index in [1.165, 1.54) is 12.1 Å². The molecule has 1 aromatic heterocycles. The zero-order chi connectivity index (χ0) is 15.2. The maximum absolute atomic E-state index is 12.6. The third-order valence-electron chi connectivity index (χ3n) is 3.29. The predicted octanol–water partition coefficient (Wildman–Crippen LogP) is 3.93. The summed E-state index contributed by atoms with van der Waals surface area (Å²) in [5.41, 5.74) is 8.27. The van der Waals surface area contributed by atoms with E-state index in [-0.39, 0.29) is 5.95 Å². The number of imidazole rings is 1. The number of alkyl halides is 3. The Kier molecular flexibility index (Phi) is 2.90. The van der Waals surface area contributed by atoms with Crippen molar-refractivity contribution < 1.29 is 13.2 Å². The van der Waals surface area contributed by atoms with Crippen molar-refractivity contribution in [3.63, 3.8) is 0 Å². The Hall–Kier alpha value is -2.50. The van der Waals surface area contributed by atoms with E-state index in [2.05, 4.69) is 4.98 Å². The molecule has 0 atom stereocenters. The van der Waals surface area contributed by atoms with E-state index in [1.807, 2.05) is 25.1 Å². The maximum Gasteiger partial charge on any atom is 0.416 e. The summed E-state index contributed by atoms with van der Waals surface area (Å²) in [7, 11) is 0. The molecule has 3 rings (SSSR count). The van der Waals surface area contributed by atoms with Crippen LogP contribution in [0.25, 0.3) is 16.7 Å². The van der Waals surface area contributed by atoms with Crippen molar-refractivity contribution in [2.75, 3.05) is 5.73 Å². The molecule has 0 unspecified atom stereocenters. The number of nitrogen functional groups attached to an aromatic ring is 1. The van der Waals surface area contributed by atoms with Gasteiger partial charge in [0.05, 0.1) is 16.6 Å². The van der Waals surface area contributed by atoms with E-state index in [1.54, 1.807) is 4.57 Å². The number of halogens is 3. The van der Waals surface area contributed by atoms with E-state index >= 15 is 0 Å². The van der Waals surface area contributed by atoms with Gasteiger partial charge < -0.3 is 5.73 Å². The molecule has 2 N–H and O–H groups in total. The van der Waals surface area contributed by atoms with Gasteiger partial charge in [0, 0.05) is 5.69 Å². The van der Waals surface area contributed by atoms with Crippen LogP contribution in [0.5, 0.6) is 0 Å². The first-order valence-corrected chi connectivity index (χ1v) is 6.28. The Labute approximate surface area is 118 Å². The van der Waals surface area contributed by atoms with Gasteiger partial charge in [-0.05, 0) is 48.9 Å². The number of aromatic nitrogens is 2. The van der Waals surface area contributed by atoms with Crippen molar-refractivity contribution in [2.45, 2.75) is 13.1 Å². The summed E-state index contributed by atoms with van der Waals surface area (Å²) >= 11 is 0. The van der Waals surface area contributed by atoms with E-state index in [0.29, 0.717) is 11.2 Å². The molecule has 108 valence electrons. The van der Waals surface area contributed by atoms with Gasteiger partial charge in [-0.15, -0.1) is 0 Å². The summed E-state index contributed by atoms with van der Waals surface area (Å²) in [6.07, 6.45) is -4.35. The molecule has 21 heavy (non-hydrogen) atoms. The number of anilines is 1. The Bertz CT molecular complexity index is 801. The molecule has 0 fully saturated rings. The first-order valence-electron chi connectivity index (χ1n) is 6.28. The number of benzene rings is 2. The first-order chi connectivity index (χ1) is 9.86. The highest BCUT2D eigenvalue weighted by Crippen LogP contribution is 2.31. The van der Waals surface area contributed by atoms with Crippen LogP contribution in [0.3, 0.4) is 0 Å². The summed E-state index contributed by atoms with van der Waals surface area (Å²) in [5.74, 6) is 0.246. The summed E-state index contributed by atoms with van der Waals surface area (Å²) in [5, 5.41) is 0. The number of hydrogen-bond acceptors (Lipinski definition) is 2. The van der Waals surface area contributed by atoms with Crippen molar-refractivity contribution >= 4 is 17.0 Å². The van der Waals surface area contributed by atoms with E-state index in [0.717, 1.165) is 23.2 Å². The van der Waals surface area contributed by atoms with Gasteiger partial charge in [-0.3, -0.25) is 4.57 Å². The second kappa shape index (κ2) is 4.51. The van der Waals surface area contributed by atoms with Crippen LogP contribution < -0.4 is 5.73 Å². The molecule has 3 aromatic rings. The van der Waals surface area contributed by atoms with Crippen LogP contribution in [0.15, 0.2) is 42.5 Å². The van der Waals surface area contributed by atoms with Crippen molar-refractivity contribution in [3.05, 3.63) is 53.6 Å². The first kappa shape index (κ1) is 13.5. The standard InChI is InChI=1S/C15H12F3N3/c1-9-2-7-13-12(8-9)20-14(19)21(13)11-5-3-10(4-6-11)15(16,17)18/h2-8H,1H3,(H2,19,20). The molecule has 0 aliphatic heterocycles. The number of rotatable bonds is 1. The Morgan fingerprint density at radius 1 is 1.05 bits per heavy atom. The largest absolute Gasteiger partial charge is 0.416 e. The molecule has 6 heteroatoms. The zero-order valence-electron chi connectivity index (χ0n) is 11.1. The number of nitrogens with two attached hydrogens (primary N) is 1. The Balaban J connectivity index is 2.14. The third kappa shape index (κ3) is 2.33. The normalized spacial score (nSPS) is 12.0. The fourth-order valence-corrected chi connectivity index (χ4v) is 2.28. The van der Waals surface area contributed by atoms with Gasteiger partial charge in [0.15, 0.2) is 0 Å². The number of nitrogens with zero attached hydrogens (tertiary/aromatic N) is 2. The SMILES string of the molecule is Cc1ccc2c(c1)nc(N)n2-c1ccc(C(F)(F)F)cc1. The average Bonchev–Trinajstić information content (AvgIpc) is 2.73. The molecule has 0 saturated carbocycles. The van der Waals surface area contributed by atoms with Crippen LogP contribution in [-0.2, 0) is 6.18 Å². The maximum atomic E-state index is 12.6. The molecule has 0 aliphatic rings. The highest BCUT2D eigenvalue weighted by molar-refractivity contribution is 5.81. The van der Waals surface area contributed by atoms with Gasteiger partial charge >= 0.3 is 6.18 Å². The van der Waals surface area contributed by atoms with Crippen LogP contribution in [-0.4, -0.2) is 9.55 Å². The van der Waals surface area contributed by atoms with Gasteiger partial charge in [-0.2, -0.15) is 13.2 Å². The minimum Gasteiger partial charge on any atom is -0.369 e. The van der Waals surface area contributed by atoms with Crippen LogP contribution in [0.2, 0.25) is 0 Å². The lowest BCUT2D eigenvalue weighted by molar-refractivity contribution is -0.137. The lowest BCUT2D eigenvalue weighted by atomic mass is 10.2. The quantitative estimate of drug-likeness (QED) is 0.738. The molecule has 0 radical (unpaired) electrons. The molecule has 0 bridgehead atoms. The minimum absolute atomic E-state index is 0.246. The predicted molar refractivity (Wildman–Crippen MR) is 75.2 cm³/mol. The second-order valence-electron chi connectivity index (χ2n) is 4.84. The monoisotopic (exact) mass is 291 g/mol. The molecule has 0 saturated heterocycles. The second-order valence-corrected chi connectivity index (χ2v) is 4.84. The average molecular weight is 291 g/mol. The van der Waals surface area contributed by atoms with Crippen molar-refractivity contribution in [1.82, 2.24) is 9.55 Å². The summed E-state index contributed by atoms with van der Waals surface area (Å²) in [6, 6.07) is 10.5. The topological polar surface area (TPSA) is 43.8 Å². The lowest BCUT2D eigenvalue weighted by Crippen LogP contribution is -2.06.